The third-order valence-corrected chi connectivity index (χ3v) is 7.92. The third-order valence-electron chi connectivity index (χ3n) is 6.28. The summed E-state index contributed by atoms with van der Waals surface area (Å²) in [6.45, 7) is 5.56. The number of nitrogens with zero attached hydrogens (tertiary/aromatic N) is 5. The van der Waals surface area contributed by atoms with Gasteiger partial charge in [-0.2, -0.15) is 5.09 Å². The number of anilines is 1. The summed E-state index contributed by atoms with van der Waals surface area (Å²) in [6, 6.07) is 7.12. The Hall–Kier alpha value is -3.16. The van der Waals surface area contributed by atoms with E-state index in [9.17, 15) is 14.5 Å². The Labute approximate surface area is 231 Å². The number of hydrogen-bond acceptors (Lipinski definition) is 11. The molecule has 2 N–H and O–H groups in total. The fourth-order valence-corrected chi connectivity index (χ4v) is 5.78. The minimum atomic E-state index is -4.25. The molecule has 0 amide bonds. The topological polar surface area (TPSA) is 150 Å². The Bertz CT molecular complexity index is 1390. The van der Waals surface area contributed by atoms with Gasteiger partial charge in [-0.05, 0) is 39.8 Å². The summed E-state index contributed by atoms with van der Waals surface area (Å²) in [4.78, 5) is 27.1. The lowest BCUT2D eigenvalue weighted by atomic mass is 9.98. The summed E-state index contributed by atoms with van der Waals surface area (Å²) in [6.07, 6.45) is -2.91. The van der Waals surface area contributed by atoms with E-state index in [0.29, 0.717) is 22.8 Å². The number of aromatic nitrogens is 4. The van der Waals surface area contributed by atoms with E-state index in [1.54, 1.807) is 63.2 Å². The van der Waals surface area contributed by atoms with Crippen molar-refractivity contribution in [3.05, 3.63) is 42.5 Å². The first-order valence-corrected chi connectivity index (χ1v) is 14.2. The molecule has 1 saturated heterocycles. The molecule has 3 heterocycles. The number of aryl methyl sites for hydroxylation is 1. The summed E-state index contributed by atoms with van der Waals surface area (Å²) in [7, 11) is -0.647. The predicted octanol–water partition coefficient (Wildman–Crippen LogP) is 2.93. The minimum Gasteiger partial charge on any atom is -0.465 e. The Kier molecular flexibility index (Phi) is 8.76. The molecule has 0 aliphatic carbocycles. The molecule has 0 radical (unpaired) electrons. The standard InChI is InChI=1S/C25H34FN6O7P/c1-7-36-23(34)15(2)30-40(35,39-17-11-9-8-10-12-17)37-13-18-20(33)25(4,26)24(38-18)32-14-27-19-21(31(5)6)28-16(3)29-22(19)32/h8-12,14-15,18,20,24,33H,7,13H2,1-6H3,(H,30,35)/t15-,18+,20+,24+,25+,40+/m0/s1. The summed E-state index contributed by atoms with van der Waals surface area (Å²) in [5.41, 5.74) is -1.56. The van der Waals surface area contributed by atoms with Crippen LogP contribution in [0.25, 0.3) is 11.2 Å². The average Bonchev–Trinajstić information content (AvgIpc) is 3.40. The highest BCUT2D eigenvalue weighted by molar-refractivity contribution is 7.52. The van der Waals surface area contributed by atoms with Gasteiger partial charge in [0.15, 0.2) is 28.9 Å². The van der Waals surface area contributed by atoms with Crippen molar-refractivity contribution >= 4 is 30.7 Å². The SMILES string of the molecule is CCOC(=O)[C@H](C)N[P@@](=O)(OC[C@H]1O[C@@H](n2cnc3c(N(C)C)nc(C)nc32)[C@](C)(F)[C@@H]1O)Oc1ccccc1. The number of alkyl halides is 1. The zero-order chi connectivity index (χ0) is 29.2. The Morgan fingerprint density at radius 3 is 2.67 bits per heavy atom. The van der Waals surface area contributed by atoms with Gasteiger partial charge in [-0.25, -0.2) is 23.9 Å². The maximum atomic E-state index is 16.0. The van der Waals surface area contributed by atoms with Gasteiger partial charge < -0.3 is 24.0 Å². The maximum absolute atomic E-state index is 16.0. The molecule has 0 spiro atoms. The van der Waals surface area contributed by atoms with E-state index in [-0.39, 0.29) is 12.4 Å². The number of benzene rings is 1. The number of imidazole rings is 1. The van der Waals surface area contributed by atoms with Crippen LogP contribution in [0, 0.1) is 6.92 Å². The number of carbonyl (C=O) groups excluding carboxylic acids is 1. The molecule has 13 nitrogen and oxygen atoms in total. The van der Waals surface area contributed by atoms with Crippen LogP contribution in [0.1, 0.15) is 32.8 Å². The van der Waals surface area contributed by atoms with Crippen LogP contribution >= 0.6 is 7.75 Å². The second-order valence-corrected chi connectivity index (χ2v) is 11.4. The number of hydrogen-bond donors (Lipinski definition) is 2. The maximum Gasteiger partial charge on any atom is 0.459 e. The van der Waals surface area contributed by atoms with Crippen molar-refractivity contribution in [2.45, 2.75) is 57.8 Å². The minimum absolute atomic E-state index is 0.123. The molecule has 2 aromatic heterocycles. The molecule has 0 bridgehead atoms. The van der Waals surface area contributed by atoms with Crippen LogP contribution in [0.15, 0.2) is 36.7 Å². The lowest BCUT2D eigenvalue weighted by Crippen LogP contribution is -2.41. The van der Waals surface area contributed by atoms with Crippen LogP contribution in [-0.4, -0.2) is 81.8 Å². The molecule has 0 saturated carbocycles. The van der Waals surface area contributed by atoms with Crippen molar-refractivity contribution in [1.29, 1.82) is 0 Å². The highest BCUT2D eigenvalue weighted by atomic mass is 31.2. The van der Waals surface area contributed by atoms with Crippen molar-refractivity contribution in [3.8, 4) is 5.75 Å². The molecule has 6 atom stereocenters. The van der Waals surface area contributed by atoms with Crippen molar-refractivity contribution in [2.75, 3.05) is 32.2 Å². The van der Waals surface area contributed by atoms with Gasteiger partial charge in [0.25, 0.3) is 0 Å². The van der Waals surface area contributed by atoms with E-state index in [1.165, 1.54) is 24.7 Å². The average molecular weight is 581 g/mol. The van der Waals surface area contributed by atoms with Gasteiger partial charge in [-0.1, -0.05) is 18.2 Å². The first kappa shape index (κ1) is 29.8. The number of aliphatic hydroxyl groups is 1. The summed E-state index contributed by atoms with van der Waals surface area (Å²) in [5.74, 6) is 0.517. The van der Waals surface area contributed by atoms with Crippen LogP contribution < -0.4 is 14.5 Å². The number of rotatable bonds is 11. The first-order valence-electron chi connectivity index (χ1n) is 12.7. The van der Waals surface area contributed by atoms with E-state index in [0.717, 1.165) is 0 Å². The lowest BCUT2D eigenvalue weighted by molar-refractivity contribution is -0.144. The molecule has 218 valence electrons. The highest BCUT2D eigenvalue weighted by Gasteiger charge is 2.56. The van der Waals surface area contributed by atoms with Gasteiger partial charge in [-0.3, -0.25) is 13.9 Å². The fraction of sp³-hybridized carbons (Fsp3) is 0.520. The number of fused-ring (bicyclic) bond motifs is 1. The molecule has 1 aliphatic rings. The number of nitrogens with one attached hydrogen (secondary N) is 1. The number of aliphatic hydroxyl groups excluding tert-OH is 1. The molecular formula is C25H34FN6O7P. The first-order chi connectivity index (χ1) is 18.9. The molecular weight excluding hydrogens is 546 g/mol. The summed E-state index contributed by atoms with van der Waals surface area (Å²) < 4.78 is 53.2. The monoisotopic (exact) mass is 580 g/mol. The molecule has 0 unspecified atom stereocenters. The Morgan fingerprint density at radius 1 is 1.32 bits per heavy atom. The lowest BCUT2D eigenvalue weighted by Gasteiger charge is -2.25. The molecule has 15 heteroatoms. The van der Waals surface area contributed by atoms with Gasteiger partial charge in [0.1, 0.15) is 29.8 Å². The molecule has 40 heavy (non-hydrogen) atoms. The van der Waals surface area contributed by atoms with Crippen molar-refractivity contribution in [2.24, 2.45) is 0 Å². The van der Waals surface area contributed by atoms with E-state index in [4.69, 9.17) is 18.5 Å². The van der Waals surface area contributed by atoms with Crippen LogP contribution in [-0.2, 0) is 23.4 Å². The van der Waals surface area contributed by atoms with Crippen LogP contribution in [0.5, 0.6) is 5.75 Å². The zero-order valence-corrected chi connectivity index (χ0v) is 24.0. The second kappa shape index (κ2) is 11.8. The number of para-hydroxylation sites is 1. The number of esters is 1. The second-order valence-electron chi connectivity index (χ2n) is 9.74. The van der Waals surface area contributed by atoms with Crippen LogP contribution in [0.2, 0.25) is 0 Å². The van der Waals surface area contributed by atoms with Gasteiger partial charge in [-0.15, -0.1) is 0 Å². The van der Waals surface area contributed by atoms with Crippen LogP contribution in [0.4, 0.5) is 10.2 Å². The Balaban J connectivity index is 1.58. The van der Waals surface area contributed by atoms with Gasteiger partial charge in [0.2, 0.25) is 0 Å². The van der Waals surface area contributed by atoms with Crippen molar-refractivity contribution in [3.63, 3.8) is 0 Å². The normalized spacial score (nSPS) is 24.9. The number of ether oxygens (including phenoxy) is 2. The van der Waals surface area contributed by atoms with Crippen LogP contribution in [0.3, 0.4) is 0 Å². The zero-order valence-electron chi connectivity index (χ0n) is 23.1. The fourth-order valence-electron chi connectivity index (χ4n) is 4.28. The predicted molar refractivity (Wildman–Crippen MR) is 144 cm³/mol. The molecule has 1 fully saturated rings. The van der Waals surface area contributed by atoms with E-state index in [1.807, 2.05) is 0 Å². The molecule has 1 aromatic carbocycles. The summed E-state index contributed by atoms with van der Waals surface area (Å²) in [5, 5.41) is 13.4. The van der Waals surface area contributed by atoms with E-state index in [2.05, 4.69) is 20.0 Å². The summed E-state index contributed by atoms with van der Waals surface area (Å²) >= 11 is 0. The van der Waals surface area contributed by atoms with E-state index < -0.39 is 50.5 Å². The van der Waals surface area contributed by atoms with Crippen molar-refractivity contribution < 1.29 is 37.4 Å². The van der Waals surface area contributed by atoms with Gasteiger partial charge in [0, 0.05) is 14.1 Å². The molecule has 1 aliphatic heterocycles. The van der Waals surface area contributed by atoms with Gasteiger partial charge in [0.05, 0.1) is 19.5 Å². The quantitative estimate of drug-likeness (QED) is 0.254. The Morgan fingerprint density at radius 2 is 2.02 bits per heavy atom. The molecule has 3 aromatic rings. The largest absolute Gasteiger partial charge is 0.465 e. The number of halogens is 1. The van der Waals surface area contributed by atoms with E-state index >= 15 is 4.39 Å². The highest BCUT2D eigenvalue weighted by Crippen LogP contribution is 2.48. The molecule has 4 rings (SSSR count). The number of carbonyl (C=O) groups is 1. The van der Waals surface area contributed by atoms with Gasteiger partial charge >= 0.3 is 13.7 Å². The van der Waals surface area contributed by atoms with Crippen molar-refractivity contribution in [1.82, 2.24) is 24.6 Å². The smallest absolute Gasteiger partial charge is 0.459 e. The third kappa shape index (κ3) is 6.11.